The molecule has 7 heteroatoms. The zero-order valence-electron chi connectivity index (χ0n) is 7.08. The van der Waals surface area contributed by atoms with Crippen molar-refractivity contribution in [3.63, 3.8) is 0 Å². The molecule has 0 atom stereocenters. The standard InChI is InChI=1S/C8H3BrCl2N2OS/c9-4-1-2-5(10)6(3-4)14-8-7(11)12-15-13-8/h1-3H. The normalized spacial score (nSPS) is 10.3. The molecule has 0 radical (unpaired) electrons. The minimum Gasteiger partial charge on any atom is -0.434 e. The predicted octanol–water partition coefficient (Wildman–Crippen LogP) is 4.40. The summed E-state index contributed by atoms with van der Waals surface area (Å²) in [6.07, 6.45) is 0. The fraction of sp³-hybridized carbons (Fsp3) is 0. The minimum atomic E-state index is 0.232. The van der Waals surface area contributed by atoms with E-state index in [1.807, 2.05) is 6.07 Å². The number of benzene rings is 1. The Bertz CT molecular complexity index is 491. The van der Waals surface area contributed by atoms with E-state index in [0.717, 1.165) is 16.2 Å². The lowest BCUT2D eigenvalue weighted by atomic mass is 10.3. The Labute approximate surface area is 108 Å². The second-order valence-electron chi connectivity index (χ2n) is 2.54. The third-order valence-corrected chi connectivity index (χ3v) is 3.18. The SMILES string of the molecule is Clc1ccc(Br)cc1Oc1nsnc1Cl. The zero-order chi connectivity index (χ0) is 10.8. The van der Waals surface area contributed by atoms with Gasteiger partial charge in [-0.25, -0.2) is 0 Å². The molecule has 0 saturated carbocycles. The molecule has 0 spiro atoms. The monoisotopic (exact) mass is 324 g/mol. The van der Waals surface area contributed by atoms with E-state index in [1.54, 1.807) is 12.1 Å². The molecule has 3 nitrogen and oxygen atoms in total. The lowest BCUT2D eigenvalue weighted by Crippen LogP contribution is -1.85. The summed E-state index contributed by atoms with van der Waals surface area (Å²) in [7, 11) is 0. The number of halogens is 3. The van der Waals surface area contributed by atoms with E-state index < -0.39 is 0 Å². The summed E-state index contributed by atoms with van der Waals surface area (Å²) in [5, 5.41) is 0.721. The summed E-state index contributed by atoms with van der Waals surface area (Å²) in [6.45, 7) is 0. The van der Waals surface area contributed by atoms with Crippen molar-refractivity contribution < 1.29 is 4.74 Å². The van der Waals surface area contributed by atoms with Gasteiger partial charge in [0.15, 0.2) is 0 Å². The van der Waals surface area contributed by atoms with Gasteiger partial charge in [0.2, 0.25) is 5.15 Å². The fourth-order valence-electron chi connectivity index (χ4n) is 0.890. The van der Waals surface area contributed by atoms with Crippen molar-refractivity contribution in [1.82, 2.24) is 8.75 Å². The number of hydrogen-bond donors (Lipinski definition) is 0. The first-order chi connectivity index (χ1) is 7.16. The summed E-state index contributed by atoms with van der Waals surface area (Å²) in [5.41, 5.74) is 0. The Kier molecular flexibility index (Phi) is 3.45. The summed E-state index contributed by atoms with van der Waals surface area (Å²) >= 11 is 16.0. The third-order valence-electron chi connectivity index (χ3n) is 1.52. The highest BCUT2D eigenvalue weighted by molar-refractivity contribution is 9.10. The van der Waals surface area contributed by atoms with Crippen LogP contribution in [0.2, 0.25) is 10.2 Å². The van der Waals surface area contributed by atoms with Crippen LogP contribution in [0.3, 0.4) is 0 Å². The lowest BCUT2D eigenvalue weighted by Gasteiger charge is -2.04. The van der Waals surface area contributed by atoms with Crippen LogP contribution in [-0.2, 0) is 0 Å². The molecule has 0 aliphatic rings. The van der Waals surface area contributed by atoms with Gasteiger partial charge in [0.25, 0.3) is 5.88 Å². The first-order valence-corrected chi connectivity index (χ1v) is 6.05. The predicted molar refractivity (Wildman–Crippen MR) is 64.1 cm³/mol. The fourth-order valence-corrected chi connectivity index (χ4v) is 2.00. The van der Waals surface area contributed by atoms with E-state index in [0.29, 0.717) is 10.8 Å². The number of aromatic nitrogens is 2. The van der Waals surface area contributed by atoms with Crippen LogP contribution in [0, 0.1) is 0 Å². The number of rotatable bonds is 2. The van der Waals surface area contributed by atoms with Crippen molar-refractivity contribution in [2.24, 2.45) is 0 Å². The number of ether oxygens (including phenoxy) is 1. The first-order valence-electron chi connectivity index (χ1n) is 3.78. The zero-order valence-corrected chi connectivity index (χ0v) is 11.0. The topological polar surface area (TPSA) is 35.0 Å². The van der Waals surface area contributed by atoms with E-state index in [2.05, 4.69) is 24.7 Å². The van der Waals surface area contributed by atoms with Crippen molar-refractivity contribution in [3.8, 4) is 11.6 Å². The maximum Gasteiger partial charge on any atom is 0.270 e. The summed E-state index contributed by atoms with van der Waals surface area (Å²) in [6, 6.07) is 5.27. The summed E-state index contributed by atoms with van der Waals surface area (Å²) in [5.74, 6) is 0.752. The van der Waals surface area contributed by atoms with Crippen molar-refractivity contribution in [2.75, 3.05) is 0 Å². The van der Waals surface area contributed by atoms with Crippen LogP contribution in [0.5, 0.6) is 11.6 Å². The van der Waals surface area contributed by atoms with E-state index in [-0.39, 0.29) is 11.0 Å². The molecule has 0 fully saturated rings. The van der Waals surface area contributed by atoms with Crippen LogP contribution in [0.15, 0.2) is 22.7 Å². The van der Waals surface area contributed by atoms with Crippen LogP contribution in [-0.4, -0.2) is 8.75 Å². The molecule has 0 bridgehead atoms. The van der Waals surface area contributed by atoms with E-state index in [4.69, 9.17) is 27.9 Å². The Morgan fingerprint density at radius 1 is 1.27 bits per heavy atom. The molecule has 0 N–H and O–H groups in total. The molecular weight excluding hydrogens is 323 g/mol. The Morgan fingerprint density at radius 2 is 2.07 bits per heavy atom. The van der Waals surface area contributed by atoms with Crippen LogP contribution in [0.25, 0.3) is 0 Å². The molecule has 0 aliphatic heterocycles. The van der Waals surface area contributed by atoms with Gasteiger partial charge in [-0.2, -0.15) is 4.37 Å². The second kappa shape index (κ2) is 4.65. The van der Waals surface area contributed by atoms with E-state index >= 15 is 0 Å². The highest BCUT2D eigenvalue weighted by Crippen LogP contribution is 2.33. The molecule has 15 heavy (non-hydrogen) atoms. The average molecular weight is 326 g/mol. The Hall–Kier alpha value is -0.360. The van der Waals surface area contributed by atoms with Crippen LogP contribution in [0.4, 0.5) is 0 Å². The molecule has 78 valence electrons. The Morgan fingerprint density at radius 3 is 2.73 bits per heavy atom. The minimum absolute atomic E-state index is 0.232. The second-order valence-corrected chi connectivity index (χ2v) is 4.75. The van der Waals surface area contributed by atoms with Crippen molar-refractivity contribution in [1.29, 1.82) is 0 Å². The molecule has 1 heterocycles. The molecule has 0 saturated heterocycles. The van der Waals surface area contributed by atoms with E-state index in [1.165, 1.54) is 0 Å². The molecule has 0 amide bonds. The molecule has 2 aromatic rings. The smallest absolute Gasteiger partial charge is 0.270 e. The van der Waals surface area contributed by atoms with Gasteiger partial charge >= 0.3 is 0 Å². The van der Waals surface area contributed by atoms with Gasteiger partial charge in [-0.15, -0.1) is 4.37 Å². The van der Waals surface area contributed by atoms with Gasteiger partial charge in [-0.1, -0.05) is 39.1 Å². The van der Waals surface area contributed by atoms with Crippen molar-refractivity contribution in [2.45, 2.75) is 0 Å². The highest BCUT2D eigenvalue weighted by atomic mass is 79.9. The quantitative estimate of drug-likeness (QED) is 0.820. The van der Waals surface area contributed by atoms with Gasteiger partial charge in [-0.05, 0) is 18.2 Å². The lowest BCUT2D eigenvalue weighted by molar-refractivity contribution is 0.468. The maximum atomic E-state index is 5.93. The van der Waals surface area contributed by atoms with Crippen LogP contribution < -0.4 is 4.74 Å². The molecule has 1 aromatic heterocycles. The first kappa shape index (κ1) is 11.1. The highest BCUT2D eigenvalue weighted by Gasteiger charge is 2.10. The maximum absolute atomic E-state index is 5.93. The van der Waals surface area contributed by atoms with Gasteiger partial charge in [0.1, 0.15) is 5.75 Å². The molecule has 0 aliphatic carbocycles. The van der Waals surface area contributed by atoms with Crippen molar-refractivity contribution in [3.05, 3.63) is 32.8 Å². The number of hydrogen-bond acceptors (Lipinski definition) is 4. The Balaban J connectivity index is 2.32. The van der Waals surface area contributed by atoms with Crippen LogP contribution >= 0.6 is 50.9 Å². The van der Waals surface area contributed by atoms with Crippen molar-refractivity contribution >= 4 is 50.9 Å². The molecule has 1 aromatic carbocycles. The summed E-state index contributed by atoms with van der Waals surface area (Å²) in [4.78, 5) is 0. The van der Waals surface area contributed by atoms with E-state index in [9.17, 15) is 0 Å². The van der Waals surface area contributed by atoms with Gasteiger partial charge in [0.05, 0.1) is 16.8 Å². The molecule has 2 rings (SSSR count). The van der Waals surface area contributed by atoms with Gasteiger partial charge < -0.3 is 4.74 Å². The average Bonchev–Trinajstić information content (AvgIpc) is 2.58. The van der Waals surface area contributed by atoms with Gasteiger partial charge in [-0.3, -0.25) is 0 Å². The van der Waals surface area contributed by atoms with Gasteiger partial charge in [0, 0.05) is 4.47 Å². The third kappa shape index (κ3) is 2.60. The van der Waals surface area contributed by atoms with Crippen LogP contribution in [0.1, 0.15) is 0 Å². The molecule has 0 unspecified atom stereocenters. The molecular formula is C8H3BrCl2N2OS. The summed E-state index contributed by atoms with van der Waals surface area (Å²) < 4.78 is 13.9. The number of nitrogens with zero attached hydrogens (tertiary/aromatic N) is 2. The largest absolute Gasteiger partial charge is 0.434 e.